The van der Waals surface area contributed by atoms with E-state index in [0.29, 0.717) is 12.2 Å². The van der Waals surface area contributed by atoms with Gasteiger partial charge in [-0.25, -0.2) is 0 Å². The van der Waals surface area contributed by atoms with Crippen LogP contribution in [0.1, 0.15) is 11.3 Å². The van der Waals surface area contributed by atoms with E-state index in [4.69, 9.17) is 15.7 Å². The average molecular weight is 272 g/mol. The predicted molar refractivity (Wildman–Crippen MR) is 77.1 cm³/mol. The van der Waals surface area contributed by atoms with Gasteiger partial charge in [0, 0.05) is 30.1 Å². The summed E-state index contributed by atoms with van der Waals surface area (Å²) in [5.74, 6) is 0.769. The van der Waals surface area contributed by atoms with Crippen LogP contribution in [0.2, 0.25) is 0 Å². The molecule has 4 N–H and O–H groups in total. The molecule has 0 aliphatic heterocycles. The molecule has 0 aliphatic carbocycles. The summed E-state index contributed by atoms with van der Waals surface area (Å²) in [6.45, 7) is 0.507. The Morgan fingerprint density at radius 2 is 2.25 bits per heavy atom. The summed E-state index contributed by atoms with van der Waals surface area (Å²) in [7, 11) is 1.62. The first-order chi connectivity index (χ1) is 9.74. The molecule has 104 valence electrons. The monoisotopic (exact) mass is 272 g/mol. The third-order valence-electron chi connectivity index (χ3n) is 2.79. The molecule has 2 aromatic rings. The highest BCUT2D eigenvalue weighted by molar-refractivity contribution is 5.96. The van der Waals surface area contributed by atoms with Crippen molar-refractivity contribution in [1.82, 2.24) is 4.98 Å². The van der Waals surface area contributed by atoms with Gasteiger partial charge in [0.1, 0.15) is 11.4 Å². The molecule has 0 radical (unpaired) electrons. The number of nitrogens with two attached hydrogens (primary N) is 1. The number of nitrogens with zero attached hydrogens (tertiary/aromatic N) is 2. The molecule has 1 heterocycles. The molecular weight excluding hydrogens is 256 g/mol. The summed E-state index contributed by atoms with van der Waals surface area (Å²) < 4.78 is 5.16. The Morgan fingerprint density at radius 1 is 1.40 bits per heavy atom. The first-order valence-electron chi connectivity index (χ1n) is 6.04. The second kappa shape index (κ2) is 6.42. The van der Waals surface area contributed by atoms with Crippen LogP contribution in [-0.2, 0) is 6.54 Å². The minimum Gasteiger partial charge on any atom is -0.497 e. The lowest BCUT2D eigenvalue weighted by Crippen LogP contribution is -2.18. The minimum absolute atomic E-state index is 0.00644. The Balaban J connectivity index is 2.14. The van der Waals surface area contributed by atoms with Gasteiger partial charge in [0.25, 0.3) is 0 Å². The van der Waals surface area contributed by atoms with Crippen LogP contribution in [0, 0.1) is 0 Å². The van der Waals surface area contributed by atoms with E-state index >= 15 is 0 Å². The first-order valence-corrected chi connectivity index (χ1v) is 6.04. The zero-order valence-corrected chi connectivity index (χ0v) is 11.1. The lowest BCUT2D eigenvalue weighted by molar-refractivity contribution is 0.318. The van der Waals surface area contributed by atoms with Crippen LogP contribution in [0.25, 0.3) is 0 Å². The summed E-state index contributed by atoms with van der Waals surface area (Å²) in [4.78, 5) is 4.11. The van der Waals surface area contributed by atoms with Crippen LogP contribution in [0.5, 0.6) is 5.75 Å². The van der Waals surface area contributed by atoms with Crippen molar-refractivity contribution in [2.45, 2.75) is 6.54 Å². The summed E-state index contributed by atoms with van der Waals surface area (Å²) >= 11 is 0. The molecular formula is C14H16N4O2. The lowest BCUT2D eigenvalue weighted by Gasteiger charge is -2.10. The molecule has 0 fully saturated rings. The summed E-state index contributed by atoms with van der Waals surface area (Å²) in [5, 5.41) is 15.0. The maximum Gasteiger partial charge on any atom is 0.189 e. The van der Waals surface area contributed by atoms with Crippen molar-refractivity contribution in [1.29, 1.82) is 0 Å². The molecule has 1 aromatic carbocycles. The zero-order valence-electron chi connectivity index (χ0n) is 11.1. The van der Waals surface area contributed by atoms with Gasteiger partial charge in [0.2, 0.25) is 0 Å². The van der Waals surface area contributed by atoms with Crippen LogP contribution in [0.3, 0.4) is 0 Å². The molecule has 20 heavy (non-hydrogen) atoms. The Hall–Kier alpha value is -2.76. The fourth-order valence-electron chi connectivity index (χ4n) is 1.79. The average Bonchev–Trinajstić information content (AvgIpc) is 2.52. The highest BCUT2D eigenvalue weighted by Gasteiger charge is 2.07. The van der Waals surface area contributed by atoms with Gasteiger partial charge in [0.05, 0.1) is 7.11 Å². The summed E-state index contributed by atoms with van der Waals surface area (Å²) in [5.41, 5.74) is 7.82. The number of rotatable bonds is 5. The number of oxime groups is 1. The maximum absolute atomic E-state index is 8.75. The number of nitrogens with one attached hydrogen (secondary N) is 1. The van der Waals surface area contributed by atoms with Crippen LogP contribution >= 0.6 is 0 Å². The van der Waals surface area contributed by atoms with Crippen molar-refractivity contribution in [3.63, 3.8) is 0 Å². The SMILES string of the molecule is COc1cccc(NCc2cccnc2C(N)=NO)c1. The van der Waals surface area contributed by atoms with Crippen molar-refractivity contribution in [2.24, 2.45) is 10.9 Å². The number of anilines is 1. The van der Waals surface area contributed by atoms with E-state index in [1.807, 2.05) is 30.3 Å². The Morgan fingerprint density at radius 3 is 3.00 bits per heavy atom. The Bertz CT molecular complexity index is 614. The molecule has 6 nitrogen and oxygen atoms in total. The molecule has 0 saturated carbocycles. The molecule has 1 aromatic heterocycles. The van der Waals surface area contributed by atoms with E-state index in [2.05, 4.69) is 15.5 Å². The second-order valence-electron chi connectivity index (χ2n) is 4.08. The van der Waals surface area contributed by atoms with E-state index in [-0.39, 0.29) is 5.84 Å². The zero-order chi connectivity index (χ0) is 14.4. The standard InChI is InChI=1S/C14H16N4O2/c1-20-12-6-2-5-11(8-12)17-9-10-4-3-7-16-13(10)14(15)18-19/h2-8,17,19H,9H2,1H3,(H2,15,18). The van der Waals surface area contributed by atoms with Gasteiger partial charge in [0.15, 0.2) is 5.84 Å². The number of methoxy groups -OCH3 is 1. The number of hydrogen-bond acceptors (Lipinski definition) is 5. The highest BCUT2D eigenvalue weighted by Crippen LogP contribution is 2.18. The van der Waals surface area contributed by atoms with Gasteiger partial charge in [-0.3, -0.25) is 4.98 Å². The van der Waals surface area contributed by atoms with Crippen LogP contribution < -0.4 is 15.8 Å². The Labute approximate surface area is 116 Å². The van der Waals surface area contributed by atoms with E-state index in [1.54, 1.807) is 19.4 Å². The molecule has 0 amide bonds. The van der Waals surface area contributed by atoms with Crippen molar-refractivity contribution in [3.8, 4) is 5.75 Å². The van der Waals surface area contributed by atoms with Crippen molar-refractivity contribution in [3.05, 3.63) is 53.9 Å². The molecule has 0 atom stereocenters. The number of aromatic nitrogens is 1. The topological polar surface area (TPSA) is 92.8 Å². The lowest BCUT2D eigenvalue weighted by atomic mass is 10.1. The largest absolute Gasteiger partial charge is 0.497 e. The molecule has 6 heteroatoms. The van der Waals surface area contributed by atoms with Gasteiger partial charge >= 0.3 is 0 Å². The number of hydrogen-bond donors (Lipinski definition) is 3. The maximum atomic E-state index is 8.75. The van der Waals surface area contributed by atoms with E-state index in [1.165, 1.54) is 0 Å². The summed E-state index contributed by atoms with van der Waals surface area (Å²) in [6.07, 6.45) is 1.60. The third-order valence-corrected chi connectivity index (χ3v) is 2.79. The fraction of sp³-hybridized carbons (Fsp3) is 0.143. The number of pyridine rings is 1. The van der Waals surface area contributed by atoms with Gasteiger partial charge in [-0.05, 0) is 18.2 Å². The minimum atomic E-state index is -0.00644. The molecule has 0 bridgehead atoms. The van der Waals surface area contributed by atoms with E-state index in [9.17, 15) is 0 Å². The third kappa shape index (κ3) is 3.17. The second-order valence-corrected chi connectivity index (χ2v) is 4.08. The fourth-order valence-corrected chi connectivity index (χ4v) is 1.79. The van der Waals surface area contributed by atoms with Crippen LogP contribution in [0.4, 0.5) is 5.69 Å². The van der Waals surface area contributed by atoms with E-state index < -0.39 is 0 Å². The first kappa shape index (κ1) is 13.7. The summed E-state index contributed by atoms with van der Waals surface area (Å²) in [6, 6.07) is 11.3. The normalized spacial score (nSPS) is 11.2. The van der Waals surface area contributed by atoms with Crippen LogP contribution in [-0.4, -0.2) is 23.1 Å². The van der Waals surface area contributed by atoms with Gasteiger partial charge in [-0.2, -0.15) is 0 Å². The van der Waals surface area contributed by atoms with Crippen molar-refractivity contribution >= 4 is 11.5 Å². The van der Waals surface area contributed by atoms with Crippen molar-refractivity contribution < 1.29 is 9.94 Å². The van der Waals surface area contributed by atoms with Crippen LogP contribution in [0.15, 0.2) is 47.8 Å². The molecule has 2 rings (SSSR count). The predicted octanol–water partition coefficient (Wildman–Crippen LogP) is 1.80. The molecule has 0 spiro atoms. The van der Waals surface area contributed by atoms with Gasteiger partial charge in [-0.15, -0.1) is 0 Å². The quantitative estimate of drug-likeness (QED) is 0.334. The number of amidine groups is 1. The van der Waals surface area contributed by atoms with Gasteiger partial charge < -0.3 is 21.0 Å². The van der Waals surface area contributed by atoms with Crippen molar-refractivity contribution in [2.75, 3.05) is 12.4 Å². The number of ether oxygens (including phenoxy) is 1. The molecule has 0 unspecified atom stereocenters. The smallest absolute Gasteiger partial charge is 0.189 e. The highest BCUT2D eigenvalue weighted by atomic mass is 16.5. The molecule has 0 aliphatic rings. The van der Waals surface area contributed by atoms with E-state index in [0.717, 1.165) is 17.0 Å². The number of benzene rings is 1. The molecule has 0 saturated heterocycles. The van der Waals surface area contributed by atoms with Gasteiger partial charge in [-0.1, -0.05) is 17.3 Å². The Kier molecular flexibility index (Phi) is 4.39.